The van der Waals surface area contributed by atoms with Gasteiger partial charge in [-0.3, -0.25) is 4.99 Å². The van der Waals surface area contributed by atoms with Gasteiger partial charge >= 0.3 is 0 Å². The van der Waals surface area contributed by atoms with E-state index in [1.54, 1.807) is 0 Å². The summed E-state index contributed by atoms with van der Waals surface area (Å²) in [6.07, 6.45) is 7.78. The number of nitrogens with zero attached hydrogens (tertiary/aromatic N) is 1. The summed E-state index contributed by atoms with van der Waals surface area (Å²) in [6, 6.07) is 0.598. The second kappa shape index (κ2) is 3.69. The first-order valence-electron chi connectivity index (χ1n) is 5.62. The highest BCUT2D eigenvalue weighted by molar-refractivity contribution is 5.83. The van der Waals surface area contributed by atoms with Crippen LogP contribution in [-0.4, -0.2) is 11.9 Å². The highest BCUT2D eigenvalue weighted by Gasteiger charge is 2.28. The standard InChI is InChI=1S/C11H20N2/c1-2-8-3-4-9(7-8)11(12)13-10-5-6-10/h8-10H,2-7H2,1H3,(H2,12,13). The number of rotatable bonds is 3. The Balaban J connectivity index is 1.86. The maximum absolute atomic E-state index is 5.99. The van der Waals surface area contributed by atoms with Gasteiger partial charge in [0.15, 0.2) is 0 Å². The molecule has 2 unspecified atom stereocenters. The summed E-state index contributed by atoms with van der Waals surface area (Å²) >= 11 is 0. The number of nitrogens with two attached hydrogens (primary N) is 1. The predicted octanol–water partition coefficient (Wildman–Crippen LogP) is 2.33. The molecule has 2 atom stereocenters. The van der Waals surface area contributed by atoms with E-state index in [1.165, 1.54) is 38.5 Å². The molecule has 0 heterocycles. The Bertz CT molecular complexity index is 206. The van der Waals surface area contributed by atoms with E-state index < -0.39 is 0 Å². The first kappa shape index (κ1) is 9.04. The number of hydrogen-bond acceptors (Lipinski definition) is 1. The third-order valence-corrected chi connectivity index (χ3v) is 3.42. The zero-order valence-corrected chi connectivity index (χ0v) is 8.50. The predicted molar refractivity (Wildman–Crippen MR) is 55.8 cm³/mol. The van der Waals surface area contributed by atoms with Gasteiger partial charge in [-0.1, -0.05) is 13.3 Å². The van der Waals surface area contributed by atoms with Crippen LogP contribution < -0.4 is 5.73 Å². The second-order valence-electron chi connectivity index (χ2n) is 4.57. The molecular weight excluding hydrogens is 160 g/mol. The largest absolute Gasteiger partial charge is 0.387 e. The topological polar surface area (TPSA) is 38.4 Å². The van der Waals surface area contributed by atoms with Crippen molar-refractivity contribution in [3.05, 3.63) is 0 Å². The van der Waals surface area contributed by atoms with Crippen molar-refractivity contribution < 1.29 is 0 Å². The van der Waals surface area contributed by atoms with Gasteiger partial charge in [0.1, 0.15) is 0 Å². The van der Waals surface area contributed by atoms with Crippen LogP contribution in [-0.2, 0) is 0 Å². The number of amidine groups is 1. The van der Waals surface area contributed by atoms with Gasteiger partial charge in [0, 0.05) is 5.92 Å². The third-order valence-electron chi connectivity index (χ3n) is 3.42. The molecule has 2 nitrogen and oxygen atoms in total. The fourth-order valence-corrected chi connectivity index (χ4v) is 2.23. The van der Waals surface area contributed by atoms with E-state index in [9.17, 15) is 0 Å². The highest BCUT2D eigenvalue weighted by atomic mass is 14.9. The SMILES string of the molecule is CCC1CCC(C(N)=NC2CC2)C1. The van der Waals surface area contributed by atoms with Crippen LogP contribution in [0.1, 0.15) is 45.4 Å². The molecule has 2 aliphatic carbocycles. The fourth-order valence-electron chi connectivity index (χ4n) is 2.23. The fraction of sp³-hybridized carbons (Fsp3) is 0.909. The van der Waals surface area contributed by atoms with E-state index in [2.05, 4.69) is 11.9 Å². The molecule has 0 saturated heterocycles. The van der Waals surface area contributed by atoms with Crippen molar-refractivity contribution >= 4 is 5.84 Å². The normalized spacial score (nSPS) is 35.3. The van der Waals surface area contributed by atoms with Crippen molar-refractivity contribution in [3.8, 4) is 0 Å². The molecule has 2 rings (SSSR count). The Morgan fingerprint density at radius 2 is 2.08 bits per heavy atom. The second-order valence-corrected chi connectivity index (χ2v) is 4.57. The Morgan fingerprint density at radius 3 is 2.62 bits per heavy atom. The highest BCUT2D eigenvalue weighted by Crippen LogP contribution is 2.34. The molecule has 2 N–H and O–H groups in total. The van der Waals surface area contributed by atoms with E-state index in [0.29, 0.717) is 12.0 Å². The molecule has 2 aliphatic rings. The van der Waals surface area contributed by atoms with Crippen LogP contribution >= 0.6 is 0 Å². The van der Waals surface area contributed by atoms with Crippen LogP contribution in [0.25, 0.3) is 0 Å². The third kappa shape index (κ3) is 2.23. The number of hydrogen-bond donors (Lipinski definition) is 1. The van der Waals surface area contributed by atoms with E-state index in [4.69, 9.17) is 5.73 Å². The lowest BCUT2D eigenvalue weighted by atomic mass is 10.0. The molecule has 0 spiro atoms. The van der Waals surface area contributed by atoms with E-state index in [0.717, 1.165) is 11.8 Å². The molecule has 0 aromatic heterocycles. The smallest absolute Gasteiger partial charge is 0.0971 e. The van der Waals surface area contributed by atoms with Crippen LogP contribution in [0, 0.1) is 11.8 Å². The van der Waals surface area contributed by atoms with Crippen LogP contribution in [0.15, 0.2) is 4.99 Å². The van der Waals surface area contributed by atoms with Crippen molar-refractivity contribution in [1.82, 2.24) is 0 Å². The van der Waals surface area contributed by atoms with Gasteiger partial charge in [-0.15, -0.1) is 0 Å². The first-order chi connectivity index (χ1) is 6.29. The summed E-state index contributed by atoms with van der Waals surface area (Å²) in [4.78, 5) is 4.53. The minimum atomic E-state index is 0.598. The van der Waals surface area contributed by atoms with Crippen LogP contribution in [0.5, 0.6) is 0 Å². The van der Waals surface area contributed by atoms with E-state index in [-0.39, 0.29) is 0 Å². The number of aliphatic imine (C=N–C) groups is 1. The van der Waals surface area contributed by atoms with Crippen molar-refractivity contribution in [3.63, 3.8) is 0 Å². The van der Waals surface area contributed by atoms with Crippen LogP contribution in [0.4, 0.5) is 0 Å². The van der Waals surface area contributed by atoms with Crippen molar-refractivity contribution in [2.24, 2.45) is 22.6 Å². The molecule has 0 aliphatic heterocycles. The molecular formula is C11H20N2. The van der Waals surface area contributed by atoms with Gasteiger partial charge in [0.25, 0.3) is 0 Å². The molecule has 0 aromatic rings. The zero-order valence-electron chi connectivity index (χ0n) is 8.50. The lowest BCUT2D eigenvalue weighted by Crippen LogP contribution is -2.22. The average molecular weight is 180 g/mol. The molecule has 2 fully saturated rings. The van der Waals surface area contributed by atoms with Gasteiger partial charge in [-0.05, 0) is 38.0 Å². The summed E-state index contributed by atoms with van der Waals surface area (Å²) in [6.45, 7) is 2.28. The van der Waals surface area contributed by atoms with Gasteiger partial charge in [-0.25, -0.2) is 0 Å². The van der Waals surface area contributed by atoms with Crippen molar-refractivity contribution in [1.29, 1.82) is 0 Å². The minimum absolute atomic E-state index is 0.598. The Morgan fingerprint density at radius 1 is 1.31 bits per heavy atom. The zero-order chi connectivity index (χ0) is 9.26. The van der Waals surface area contributed by atoms with Crippen LogP contribution in [0.2, 0.25) is 0 Å². The van der Waals surface area contributed by atoms with Crippen molar-refractivity contribution in [2.45, 2.75) is 51.5 Å². The molecule has 2 heteroatoms. The van der Waals surface area contributed by atoms with Crippen molar-refractivity contribution in [2.75, 3.05) is 0 Å². The van der Waals surface area contributed by atoms with Gasteiger partial charge in [0.2, 0.25) is 0 Å². The van der Waals surface area contributed by atoms with E-state index >= 15 is 0 Å². The Kier molecular flexibility index (Phi) is 2.56. The Labute approximate surface area is 80.6 Å². The molecule has 0 aromatic carbocycles. The van der Waals surface area contributed by atoms with Gasteiger partial charge < -0.3 is 5.73 Å². The molecule has 0 amide bonds. The minimum Gasteiger partial charge on any atom is -0.387 e. The lowest BCUT2D eigenvalue weighted by molar-refractivity contribution is 0.520. The molecule has 13 heavy (non-hydrogen) atoms. The van der Waals surface area contributed by atoms with E-state index in [1.807, 2.05) is 0 Å². The molecule has 0 radical (unpaired) electrons. The molecule has 74 valence electrons. The average Bonchev–Trinajstić information content (AvgIpc) is 2.82. The molecule has 2 saturated carbocycles. The van der Waals surface area contributed by atoms with Gasteiger partial charge in [0.05, 0.1) is 11.9 Å². The summed E-state index contributed by atoms with van der Waals surface area (Å²) in [5, 5.41) is 0. The monoisotopic (exact) mass is 180 g/mol. The first-order valence-corrected chi connectivity index (χ1v) is 5.62. The summed E-state index contributed by atoms with van der Waals surface area (Å²) in [5.74, 6) is 2.49. The quantitative estimate of drug-likeness (QED) is 0.525. The van der Waals surface area contributed by atoms with Crippen LogP contribution in [0.3, 0.4) is 0 Å². The summed E-state index contributed by atoms with van der Waals surface area (Å²) < 4.78 is 0. The summed E-state index contributed by atoms with van der Waals surface area (Å²) in [7, 11) is 0. The maximum Gasteiger partial charge on any atom is 0.0971 e. The Hall–Kier alpha value is -0.530. The summed E-state index contributed by atoms with van der Waals surface area (Å²) in [5.41, 5.74) is 5.99. The molecule has 0 bridgehead atoms. The lowest BCUT2D eigenvalue weighted by Gasteiger charge is -2.09. The van der Waals surface area contributed by atoms with Gasteiger partial charge in [-0.2, -0.15) is 0 Å². The maximum atomic E-state index is 5.99.